The molecule has 0 radical (unpaired) electrons. The first-order valence-electron chi connectivity index (χ1n) is 7.48. The number of hydrogen-bond acceptors (Lipinski definition) is 3. The van der Waals surface area contributed by atoms with Crippen LogP contribution in [0.3, 0.4) is 0 Å². The normalized spacial score (nSPS) is 20.6. The van der Waals surface area contributed by atoms with E-state index in [1.165, 1.54) is 30.8 Å². The fourth-order valence-electron chi connectivity index (χ4n) is 3.11. The summed E-state index contributed by atoms with van der Waals surface area (Å²) in [4.78, 5) is 2.53. The molecule has 1 atom stereocenters. The van der Waals surface area contributed by atoms with Gasteiger partial charge in [-0.05, 0) is 45.4 Å². The highest BCUT2D eigenvalue weighted by Crippen LogP contribution is 2.26. The first-order chi connectivity index (χ1) is 9.74. The van der Waals surface area contributed by atoms with E-state index < -0.39 is 0 Å². The van der Waals surface area contributed by atoms with Gasteiger partial charge in [-0.3, -0.25) is 14.7 Å². The number of H-pyrrole nitrogens is 1. The molecule has 0 aromatic carbocycles. The number of aromatic amines is 1. The third kappa shape index (κ3) is 2.77. The Morgan fingerprint density at radius 3 is 3.00 bits per heavy atom. The largest absolute Gasteiger partial charge is 0.297 e. The molecule has 1 aliphatic rings. The smallest absolute Gasteiger partial charge is 0.0527 e. The van der Waals surface area contributed by atoms with Crippen molar-refractivity contribution in [3.05, 3.63) is 35.9 Å². The zero-order valence-electron chi connectivity index (χ0n) is 12.3. The summed E-state index contributed by atoms with van der Waals surface area (Å²) >= 11 is 0. The number of hydrogen-bond donors (Lipinski definition) is 1. The Balaban J connectivity index is 1.67. The van der Waals surface area contributed by atoms with E-state index >= 15 is 0 Å². The third-order valence-corrected chi connectivity index (χ3v) is 4.09. The second kappa shape index (κ2) is 5.79. The number of nitrogens with zero attached hydrogens (tertiary/aromatic N) is 4. The first-order valence-corrected chi connectivity index (χ1v) is 7.48. The summed E-state index contributed by atoms with van der Waals surface area (Å²) in [5.74, 6) is 0.585. The molecule has 1 N–H and O–H groups in total. The second-order valence-electron chi connectivity index (χ2n) is 5.95. The maximum absolute atomic E-state index is 4.42. The van der Waals surface area contributed by atoms with E-state index in [0.717, 1.165) is 13.1 Å². The lowest BCUT2D eigenvalue weighted by atomic mass is 9.95. The van der Waals surface area contributed by atoms with Gasteiger partial charge in [-0.1, -0.05) is 0 Å². The highest BCUT2D eigenvalue weighted by atomic mass is 15.3. The summed E-state index contributed by atoms with van der Waals surface area (Å²) in [6.07, 6.45) is 6.26. The van der Waals surface area contributed by atoms with Crippen molar-refractivity contribution in [2.24, 2.45) is 0 Å². The van der Waals surface area contributed by atoms with Crippen LogP contribution in [-0.2, 0) is 6.54 Å². The number of piperidine rings is 1. The lowest BCUT2D eigenvalue weighted by Crippen LogP contribution is -2.34. The molecule has 108 valence electrons. The quantitative estimate of drug-likeness (QED) is 0.931. The van der Waals surface area contributed by atoms with Crippen LogP contribution >= 0.6 is 0 Å². The fourth-order valence-corrected chi connectivity index (χ4v) is 3.11. The molecule has 5 nitrogen and oxygen atoms in total. The third-order valence-electron chi connectivity index (χ3n) is 4.09. The van der Waals surface area contributed by atoms with Crippen LogP contribution in [0.1, 0.15) is 50.0 Å². The Morgan fingerprint density at radius 2 is 2.25 bits per heavy atom. The van der Waals surface area contributed by atoms with Crippen molar-refractivity contribution in [3.63, 3.8) is 0 Å². The summed E-state index contributed by atoms with van der Waals surface area (Å²) < 4.78 is 2.12. The van der Waals surface area contributed by atoms with Gasteiger partial charge < -0.3 is 0 Å². The molecule has 3 rings (SSSR count). The molecule has 0 bridgehead atoms. The fraction of sp³-hybridized carbons (Fsp3) is 0.600. The highest BCUT2D eigenvalue weighted by molar-refractivity contribution is 5.08. The summed E-state index contributed by atoms with van der Waals surface area (Å²) in [6.45, 7) is 7.63. The predicted octanol–water partition coefficient (Wildman–Crippen LogP) is 2.57. The molecule has 0 aliphatic carbocycles. The van der Waals surface area contributed by atoms with Crippen LogP contribution in [0.5, 0.6) is 0 Å². The van der Waals surface area contributed by atoms with Crippen LogP contribution in [0, 0.1) is 0 Å². The molecular weight excluding hydrogens is 250 g/mol. The molecule has 1 unspecified atom stereocenters. The highest BCUT2D eigenvalue weighted by Gasteiger charge is 2.23. The molecule has 0 amide bonds. The van der Waals surface area contributed by atoms with Gasteiger partial charge in [0, 0.05) is 43.1 Å². The van der Waals surface area contributed by atoms with Crippen molar-refractivity contribution < 1.29 is 0 Å². The van der Waals surface area contributed by atoms with Gasteiger partial charge in [-0.2, -0.15) is 10.2 Å². The van der Waals surface area contributed by atoms with Gasteiger partial charge >= 0.3 is 0 Å². The van der Waals surface area contributed by atoms with Crippen LogP contribution in [-0.4, -0.2) is 38.0 Å². The molecule has 1 aliphatic heterocycles. The van der Waals surface area contributed by atoms with Gasteiger partial charge in [0.1, 0.15) is 0 Å². The molecule has 5 heteroatoms. The van der Waals surface area contributed by atoms with Crippen molar-refractivity contribution in [1.82, 2.24) is 24.9 Å². The average Bonchev–Trinajstić information content (AvgIpc) is 3.10. The van der Waals surface area contributed by atoms with Crippen molar-refractivity contribution in [1.29, 1.82) is 0 Å². The molecule has 3 heterocycles. The predicted molar refractivity (Wildman–Crippen MR) is 78.5 cm³/mol. The second-order valence-corrected chi connectivity index (χ2v) is 5.95. The molecule has 1 saturated heterocycles. The monoisotopic (exact) mass is 273 g/mol. The topological polar surface area (TPSA) is 49.7 Å². The minimum atomic E-state index is 0.424. The van der Waals surface area contributed by atoms with Gasteiger partial charge in [0.05, 0.1) is 5.69 Å². The van der Waals surface area contributed by atoms with Crippen molar-refractivity contribution in [3.8, 4) is 0 Å². The first kappa shape index (κ1) is 13.4. The van der Waals surface area contributed by atoms with E-state index in [9.17, 15) is 0 Å². The Hall–Kier alpha value is -1.62. The number of aromatic nitrogens is 4. The average molecular weight is 273 g/mol. The summed E-state index contributed by atoms with van der Waals surface area (Å²) in [5.41, 5.74) is 2.58. The van der Waals surface area contributed by atoms with E-state index in [1.54, 1.807) is 0 Å². The van der Waals surface area contributed by atoms with Crippen LogP contribution in [0.25, 0.3) is 0 Å². The standard InChI is InChI=1S/C15H23N5/c1-12(2)20-14(5-8-17-20)11-19-9-3-4-13(10-19)15-6-7-16-18-15/h5-8,12-13H,3-4,9-11H2,1-2H3,(H,16,18). The van der Waals surface area contributed by atoms with E-state index in [4.69, 9.17) is 0 Å². The minimum Gasteiger partial charge on any atom is -0.297 e. The van der Waals surface area contributed by atoms with Crippen LogP contribution in [0.2, 0.25) is 0 Å². The van der Waals surface area contributed by atoms with E-state index in [1.807, 2.05) is 12.4 Å². The molecule has 0 saturated carbocycles. The Labute approximate surface area is 120 Å². The van der Waals surface area contributed by atoms with E-state index in [0.29, 0.717) is 12.0 Å². The Kier molecular flexibility index (Phi) is 3.87. The molecule has 2 aromatic heterocycles. The molecular formula is C15H23N5. The molecule has 0 spiro atoms. The number of nitrogens with one attached hydrogen (secondary N) is 1. The lowest BCUT2D eigenvalue weighted by Gasteiger charge is -2.32. The molecule has 2 aromatic rings. The van der Waals surface area contributed by atoms with Crippen molar-refractivity contribution in [2.75, 3.05) is 13.1 Å². The number of likely N-dealkylation sites (tertiary alicyclic amines) is 1. The van der Waals surface area contributed by atoms with Crippen molar-refractivity contribution >= 4 is 0 Å². The Morgan fingerprint density at radius 1 is 1.35 bits per heavy atom. The summed E-state index contributed by atoms with van der Waals surface area (Å²) in [7, 11) is 0. The maximum Gasteiger partial charge on any atom is 0.0527 e. The van der Waals surface area contributed by atoms with Crippen LogP contribution in [0.15, 0.2) is 24.5 Å². The number of rotatable bonds is 4. The summed E-state index contributed by atoms with van der Waals surface area (Å²) in [6, 6.07) is 4.67. The van der Waals surface area contributed by atoms with Gasteiger partial charge in [-0.25, -0.2) is 0 Å². The van der Waals surface area contributed by atoms with Gasteiger partial charge in [0.25, 0.3) is 0 Å². The lowest BCUT2D eigenvalue weighted by molar-refractivity contribution is 0.192. The van der Waals surface area contributed by atoms with Crippen molar-refractivity contribution in [2.45, 2.75) is 45.2 Å². The molecule has 1 fully saturated rings. The Bertz CT molecular complexity index is 528. The zero-order chi connectivity index (χ0) is 13.9. The van der Waals surface area contributed by atoms with Crippen LogP contribution in [0.4, 0.5) is 0 Å². The van der Waals surface area contributed by atoms with E-state index in [2.05, 4.69) is 50.9 Å². The SMILES string of the molecule is CC(C)n1nccc1CN1CCCC(c2ccn[nH]2)C1. The van der Waals surface area contributed by atoms with Gasteiger partial charge in [-0.15, -0.1) is 0 Å². The molecule has 20 heavy (non-hydrogen) atoms. The van der Waals surface area contributed by atoms with Crippen LogP contribution < -0.4 is 0 Å². The maximum atomic E-state index is 4.42. The minimum absolute atomic E-state index is 0.424. The van der Waals surface area contributed by atoms with E-state index in [-0.39, 0.29) is 0 Å². The zero-order valence-corrected chi connectivity index (χ0v) is 12.3. The van der Waals surface area contributed by atoms with Gasteiger partial charge in [0.2, 0.25) is 0 Å². The van der Waals surface area contributed by atoms with Gasteiger partial charge in [0.15, 0.2) is 0 Å². The summed E-state index contributed by atoms with van der Waals surface area (Å²) in [5, 5.41) is 11.6.